The molecule has 1 heterocycles. The van der Waals surface area contributed by atoms with Crippen molar-refractivity contribution in [3.8, 4) is 0 Å². The summed E-state index contributed by atoms with van der Waals surface area (Å²) in [6, 6.07) is 4.16. The number of benzene rings is 1. The summed E-state index contributed by atoms with van der Waals surface area (Å²) >= 11 is 3.32. The number of hydrogen-bond acceptors (Lipinski definition) is 2. The summed E-state index contributed by atoms with van der Waals surface area (Å²) in [6.07, 6.45) is 1.67. The quantitative estimate of drug-likeness (QED) is 0.894. The number of hydrogen-bond donors (Lipinski definition) is 2. The van der Waals surface area contributed by atoms with Gasteiger partial charge in [-0.05, 0) is 53.4 Å². The Morgan fingerprint density at radius 3 is 2.40 bits per heavy atom. The maximum atomic E-state index is 11.2. The number of nitrogens with one attached hydrogen (secondary N) is 1. The van der Waals surface area contributed by atoms with E-state index in [4.69, 9.17) is 0 Å². The van der Waals surface area contributed by atoms with Gasteiger partial charge in [0, 0.05) is 0 Å². The third-order valence-corrected chi connectivity index (χ3v) is 3.76. The molecule has 0 saturated carbocycles. The van der Waals surface area contributed by atoms with Crippen LogP contribution in [-0.4, -0.2) is 21.0 Å². The fourth-order valence-electron chi connectivity index (χ4n) is 2.74. The highest BCUT2D eigenvalue weighted by atomic mass is 79.9. The number of carboxylic acid groups (broad SMARTS) is 1. The van der Waals surface area contributed by atoms with Crippen molar-refractivity contribution < 1.29 is 9.90 Å². The molecule has 2 rings (SSSR count). The van der Waals surface area contributed by atoms with Crippen LogP contribution in [0.25, 0.3) is 0 Å². The SMILES string of the molecule is Cc1cc(C)c(C(CC(=O)O)c2ncc(Br)[nH]2)c(C)c1. The highest BCUT2D eigenvalue weighted by Crippen LogP contribution is 2.32. The van der Waals surface area contributed by atoms with Crippen LogP contribution in [0.3, 0.4) is 0 Å². The lowest BCUT2D eigenvalue weighted by atomic mass is 9.87. The Balaban J connectivity index is 2.55. The van der Waals surface area contributed by atoms with Crippen LogP contribution in [0.15, 0.2) is 22.9 Å². The molecule has 0 radical (unpaired) electrons. The second-order valence-corrected chi connectivity index (χ2v) is 5.93. The van der Waals surface area contributed by atoms with Crippen molar-refractivity contribution in [1.82, 2.24) is 9.97 Å². The van der Waals surface area contributed by atoms with Crippen LogP contribution < -0.4 is 0 Å². The summed E-state index contributed by atoms with van der Waals surface area (Å²) in [5.41, 5.74) is 4.42. The van der Waals surface area contributed by atoms with E-state index in [9.17, 15) is 9.90 Å². The number of carbonyl (C=O) groups is 1. The fourth-order valence-corrected chi connectivity index (χ4v) is 3.05. The number of halogens is 1. The van der Waals surface area contributed by atoms with Gasteiger partial charge in [0.05, 0.1) is 18.5 Å². The zero-order valence-corrected chi connectivity index (χ0v) is 13.3. The predicted molar refractivity (Wildman–Crippen MR) is 81.0 cm³/mol. The van der Waals surface area contributed by atoms with E-state index in [0.29, 0.717) is 5.82 Å². The smallest absolute Gasteiger partial charge is 0.304 e. The zero-order chi connectivity index (χ0) is 14.9. The van der Waals surface area contributed by atoms with Gasteiger partial charge < -0.3 is 10.1 Å². The molecule has 0 fully saturated rings. The fraction of sp³-hybridized carbons (Fsp3) is 0.333. The summed E-state index contributed by atoms with van der Waals surface area (Å²) in [5.74, 6) is -0.421. The zero-order valence-electron chi connectivity index (χ0n) is 11.7. The summed E-state index contributed by atoms with van der Waals surface area (Å²) in [6.45, 7) is 6.07. The Morgan fingerprint density at radius 1 is 1.35 bits per heavy atom. The molecule has 1 aromatic carbocycles. The highest BCUT2D eigenvalue weighted by Gasteiger charge is 2.24. The molecule has 4 nitrogen and oxygen atoms in total. The van der Waals surface area contributed by atoms with Crippen molar-refractivity contribution in [2.45, 2.75) is 33.1 Å². The van der Waals surface area contributed by atoms with E-state index in [1.54, 1.807) is 6.20 Å². The molecule has 106 valence electrons. The first-order chi connectivity index (χ1) is 9.38. The van der Waals surface area contributed by atoms with E-state index in [1.807, 2.05) is 20.8 Å². The number of aromatic amines is 1. The van der Waals surface area contributed by atoms with Crippen molar-refractivity contribution in [2.75, 3.05) is 0 Å². The van der Waals surface area contributed by atoms with Gasteiger partial charge in [0.1, 0.15) is 10.4 Å². The Kier molecular flexibility index (Phi) is 4.28. The summed E-state index contributed by atoms with van der Waals surface area (Å²) in [7, 11) is 0. The van der Waals surface area contributed by atoms with Gasteiger partial charge in [-0.15, -0.1) is 0 Å². The predicted octanol–water partition coefficient (Wildman–Crippen LogP) is 3.70. The van der Waals surface area contributed by atoms with Crippen molar-refractivity contribution in [3.05, 3.63) is 51.0 Å². The van der Waals surface area contributed by atoms with Crippen molar-refractivity contribution in [1.29, 1.82) is 0 Å². The van der Waals surface area contributed by atoms with Crippen LogP contribution in [0.2, 0.25) is 0 Å². The summed E-state index contributed by atoms with van der Waals surface area (Å²) < 4.78 is 0.755. The average Bonchev–Trinajstić information content (AvgIpc) is 2.72. The third-order valence-electron chi connectivity index (χ3n) is 3.36. The number of rotatable bonds is 4. The van der Waals surface area contributed by atoms with E-state index in [1.165, 1.54) is 5.56 Å². The largest absolute Gasteiger partial charge is 0.481 e. The lowest BCUT2D eigenvalue weighted by Gasteiger charge is -2.19. The Hall–Kier alpha value is -1.62. The van der Waals surface area contributed by atoms with Crippen LogP contribution in [0.4, 0.5) is 0 Å². The van der Waals surface area contributed by atoms with Crippen molar-refractivity contribution >= 4 is 21.9 Å². The average molecular weight is 337 g/mol. The number of aliphatic carboxylic acids is 1. The molecule has 20 heavy (non-hydrogen) atoms. The first kappa shape index (κ1) is 14.8. The van der Waals surface area contributed by atoms with Gasteiger partial charge in [-0.25, -0.2) is 4.98 Å². The van der Waals surface area contributed by atoms with Crippen LogP contribution in [0.1, 0.15) is 40.4 Å². The number of aryl methyl sites for hydroxylation is 3. The van der Waals surface area contributed by atoms with Gasteiger partial charge in [0.2, 0.25) is 0 Å². The third kappa shape index (κ3) is 3.10. The van der Waals surface area contributed by atoms with E-state index in [2.05, 4.69) is 38.0 Å². The molecule has 5 heteroatoms. The first-order valence-corrected chi connectivity index (χ1v) is 7.17. The minimum absolute atomic E-state index is 0.0185. The molecular formula is C15H17BrN2O2. The molecule has 2 aromatic rings. The lowest BCUT2D eigenvalue weighted by molar-refractivity contribution is -0.137. The van der Waals surface area contributed by atoms with Crippen LogP contribution in [-0.2, 0) is 4.79 Å². The van der Waals surface area contributed by atoms with Crippen LogP contribution >= 0.6 is 15.9 Å². The molecule has 0 spiro atoms. The maximum absolute atomic E-state index is 11.2. The van der Waals surface area contributed by atoms with Crippen molar-refractivity contribution in [2.24, 2.45) is 0 Å². The van der Waals surface area contributed by atoms with Gasteiger partial charge in [-0.3, -0.25) is 4.79 Å². The highest BCUT2D eigenvalue weighted by molar-refractivity contribution is 9.10. The van der Waals surface area contributed by atoms with E-state index in [-0.39, 0.29) is 12.3 Å². The summed E-state index contributed by atoms with van der Waals surface area (Å²) in [4.78, 5) is 18.6. The molecule has 0 saturated heterocycles. The normalized spacial score (nSPS) is 12.4. The van der Waals surface area contributed by atoms with E-state index in [0.717, 1.165) is 21.3 Å². The Labute approximate surface area is 126 Å². The molecule has 0 bridgehead atoms. The Morgan fingerprint density at radius 2 is 1.95 bits per heavy atom. The first-order valence-electron chi connectivity index (χ1n) is 6.38. The van der Waals surface area contributed by atoms with E-state index >= 15 is 0 Å². The lowest BCUT2D eigenvalue weighted by Crippen LogP contribution is -2.12. The number of nitrogens with zero attached hydrogens (tertiary/aromatic N) is 1. The molecule has 1 unspecified atom stereocenters. The molecule has 0 aliphatic rings. The minimum atomic E-state index is -0.832. The number of imidazole rings is 1. The molecule has 1 aromatic heterocycles. The molecule has 1 atom stereocenters. The van der Waals surface area contributed by atoms with E-state index < -0.39 is 5.97 Å². The number of aromatic nitrogens is 2. The topological polar surface area (TPSA) is 66.0 Å². The molecular weight excluding hydrogens is 320 g/mol. The monoisotopic (exact) mass is 336 g/mol. The Bertz CT molecular complexity index is 626. The van der Waals surface area contributed by atoms with Gasteiger partial charge in [0.15, 0.2) is 0 Å². The molecule has 0 aliphatic heterocycles. The second-order valence-electron chi connectivity index (χ2n) is 5.08. The number of H-pyrrole nitrogens is 1. The molecule has 0 aliphatic carbocycles. The van der Waals surface area contributed by atoms with Gasteiger partial charge in [-0.2, -0.15) is 0 Å². The summed E-state index contributed by atoms with van der Waals surface area (Å²) in [5, 5.41) is 9.20. The molecule has 0 amide bonds. The minimum Gasteiger partial charge on any atom is -0.481 e. The van der Waals surface area contributed by atoms with Gasteiger partial charge >= 0.3 is 5.97 Å². The van der Waals surface area contributed by atoms with Gasteiger partial charge in [-0.1, -0.05) is 17.7 Å². The van der Waals surface area contributed by atoms with Crippen molar-refractivity contribution in [3.63, 3.8) is 0 Å². The molecule has 2 N–H and O–H groups in total. The number of carboxylic acids is 1. The van der Waals surface area contributed by atoms with Gasteiger partial charge in [0.25, 0.3) is 0 Å². The standard InChI is InChI=1S/C15H17BrN2O2/c1-8-4-9(2)14(10(3)5-8)11(6-13(19)20)15-17-7-12(16)18-15/h4-5,7,11H,6H2,1-3H3,(H,17,18)(H,19,20). The maximum Gasteiger partial charge on any atom is 0.304 e. The second kappa shape index (κ2) is 5.79. The van der Waals surface area contributed by atoms with Crippen LogP contribution in [0, 0.1) is 20.8 Å². The van der Waals surface area contributed by atoms with Crippen LogP contribution in [0.5, 0.6) is 0 Å².